The number of hydrogen-bond acceptors (Lipinski definition) is 2. The van der Waals surface area contributed by atoms with E-state index in [1.807, 2.05) is 13.1 Å². The monoisotopic (exact) mass is 132 g/mol. The van der Waals surface area contributed by atoms with Crippen LogP contribution in [0.4, 0.5) is 4.79 Å². The van der Waals surface area contributed by atoms with Gasteiger partial charge in [0.25, 0.3) is 9.04 Å². The van der Waals surface area contributed by atoms with Crippen molar-refractivity contribution in [2.45, 2.75) is 13.1 Å². The number of amides is 1. The lowest BCUT2D eigenvalue weighted by molar-refractivity contribution is 0.203. The Balaban J connectivity index is 3.25. The molecule has 0 heterocycles. The van der Waals surface area contributed by atoms with Crippen LogP contribution in [0, 0.1) is 0 Å². The fourth-order valence-electron chi connectivity index (χ4n) is 0.236. The molecule has 4 heteroatoms. The summed E-state index contributed by atoms with van der Waals surface area (Å²) >= 11 is 0. The van der Waals surface area contributed by atoms with E-state index in [0.717, 1.165) is 0 Å². The predicted octanol–water partition coefficient (Wildman–Crippen LogP) is 0.593. The Morgan fingerprint density at radius 2 is 2.12 bits per heavy atom. The third kappa shape index (κ3) is 3.67. The average Bonchev–Trinajstić information content (AvgIpc) is 1.65. The summed E-state index contributed by atoms with van der Waals surface area (Å²) in [5.74, 6) is 0. The summed E-state index contributed by atoms with van der Waals surface area (Å²) in [4.78, 5) is 10.3. The van der Waals surface area contributed by atoms with Crippen LogP contribution in [0.1, 0.15) is 0 Å². The van der Waals surface area contributed by atoms with Crippen LogP contribution < -0.4 is 5.32 Å². The van der Waals surface area contributed by atoms with E-state index < -0.39 is 9.04 Å². The van der Waals surface area contributed by atoms with Crippen molar-refractivity contribution >= 4 is 15.1 Å². The smallest absolute Gasteiger partial charge is 0.393 e. The molecule has 0 aliphatic carbocycles. The average molecular weight is 132 g/mol. The molecule has 0 unspecified atom stereocenters. The second-order valence-electron chi connectivity index (χ2n) is 1.55. The third-order valence-electron chi connectivity index (χ3n) is 0.501. The van der Waals surface area contributed by atoms with E-state index >= 15 is 0 Å². The first-order valence-corrected chi connectivity index (χ1v) is 4.77. The lowest BCUT2D eigenvalue weighted by Gasteiger charge is -2.03. The van der Waals surface area contributed by atoms with Gasteiger partial charge in [0.15, 0.2) is 0 Å². The van der Waals surface area contributed by atoms with Gasteiger partial charge in [-0.2, -0.15) is 0 Å². The Kier molecular flexibility index (Phi) is 3.26. The van der Waals surface area contributed by atoms with Crippen LogP contribution in [0.15, 0.2) is 0 Å². The maximum absolute atomic E-state index is 10.3. The van der Waals surface area contributed by atoms with Gasteiger partial charge in [-0.05, 0) is 13.1 Å². The number of nitrogens with one attached hydrogen (secondary N) is 1. The molecule has 0 aliphatic heterocycles. The quantitative estimate of drug-likeness (QED) is 0.530. The van der Waals surface area contributed by atoms with Crippen molar-refractivity contribution < 1.29 is 9.22 Å². The fraction of sp³-hybridized carbons (Fsp3) is 0.750. The van der Waals surface area contributed by atoms with Gasteiger partial charge in [-0.1, -0.05) is 0 Å². The molecule has 0 aromatic carbocycles. The summed E-state index contributed by atoms with van der Waals surface area (Å²) in [6.45, 7) is 3.81. The second kappa shape index (κ2) is 3.48. The van der Waals surface area contributed by atoms with Crippen molar-refractivity contribution in [3.63, 3.8) is 0 Å². The van der Waals surface area contributed by atoms with E-state index in [9.17, 15) is 4.79 Å². The molecule has 1 N–H and O–H groups in total. The number of carbonyl (C=O) groups excluding carboxylic acids is 1. The van der Waals surface area contributed by atoms with Gasteiger partial charge in [0.05, 0.1) is 0 Å². The first-order valence-electron chi connectivity index (χ1n) is 2.36. The molecule has 0 spiro atoms. The molecule has 0 aliphatic rings. The highest BCUT2D eigenvalue weighted by molar-refractivity contribution is 6.50. The summed E-state index contributed by atoms with van der Waals surface area (Å²) in [5.41, 5.74) is 0. The summed E-state index contributed by atoms with van der Waals surface area (Å²) in [5, 5.41) is 2.36. The van der Waals surface area contributed by atoms with Crippen molar-refractivity contribution in [2.24, 2.45) is 0 Å². The molecular weight excluding hydrogens is 122 g/mol. The molecule has 1 radical (unpaired) electrons. The fourth-order valence-corrected chi connectivity index (χ4v) is 0.709. The Hall–Kier alpha value is -0.513. The summed E-state index contributed by atoms with van der Waals surface area (Å²) in [6, 6.07) is 0. The molecule has 0 aromatic heterocycles. The van der Waals surface area contributed by atoms with Crippen LogP contribution in [-0.2, 0) is 4.43 Å². The van der Waals surface area contributed by atoms with Gasteiger partial charge in [0.1, 0.15) is 0 Å². The highest BCUT2D eigenvalue weighted by Gasteiger charge is 2.01. The largest absolute Gasteiger partial charge is 0.503 e. The van der Waals surface area contributed by atoms with Crippen molar-refractivity contribution in [1.29, 1.82) is 0 Å². The molecule has 0 saturated carbocycles. The Morgan fingerprint density at radius 3 is 2.25 bits per heavy atom. The molecule has 0 rings (SSSR count). The number of rotatable bonds is 1. The lowest BCUT2D eigenvalue weighted by Crippen LogP contribution is -2.24. The van der Waals surface area contributed by atoms with Gasteiger partial charge >= 0.3 is 6.09 Å². The highest BCUT2D eigenvalue weighted by atomic mass is 28.3. The summed E-state index contributed by atoms with van der Waals surface area (Å²) in [7, 11) is 0.691. The van der Waals surface area contributed by atoms with E-state index in [1.165, 1.54) is 0 Å². The molecule has 3 nitrogen and oxygen atoms in total. The van der Waals surface area contributed by atoms with Gasteiger partial charge < -0.3 is 9.74 Å². The van der Waals surface area contributed by atoms with Crippen LogP contribution >= 0.6 is 0 Å². The maximum Gasteiger partial charge on any atom is 0.393 e. The molecule has 0 fully saturated rings. The van der Waals surface area contributed by atoms with Crippen molar-refractivity contribution in [3.05, 3.63) is 0 Å². The van der Waals surface area contributed by atoms with Crippen LogP contribution in [0.3, 0.4) is 0 Å². The summed E-state index contributed by atoms with van der Waals surface area (Å²) in [6.07, 6.45) is -0.330. The highest BCUT2D eigenvalue weighted by Crippen LogP contribution is 1.82. The molecule has 0 saturated heterocycles. The SMILES string of the molecule is CNC(=O)O[Si](C)C. The molecule has 0 atom stereocenters. The minimum absolute atomic E-state index is 0.330. The lowest BCUT2D eigenvalue weighted by atomic mass is 11.1. The number of carbonyl (C=O) groups is 1. The zero-order valence-electron chi connectivity index (χ0n) is 5.32. The van der Waals surface area contributed by atoms with E-state index in [0.29, 0.717) is 0 Å². The van der Waals surface area contributed by atoms with Gasteiger partial charge in [0, 0.05) is 7.05 Å². The summed E-state index contributed by atoms with van der Waals surface area (Å²) < 4.78 is 4.75. The topological polar surface area (TPSA) is 38.3 Å². The van der Waals surface area contributed by atoms with Crippen LogP contribution in [-0.4, -0.2) is 22.2 Å². The van der Waals surface area contributed by atoms with E-state index in [4.69, 9.17) is 4.43 Å². The third-order valence-corrected chi connectivity index (χ3v) is 1.09. The predicted molar refractivity (Wildman–Crippen MR) is 33.0 cm³/mol. The molecular formula is C4H10NO2Si. The Labute approximate surface area is 50.8 Å². The van der Waals surface area contributed by atoms with Crippen molar-refractivity contribution in [3.8, 4) is 0 Å². The van der Waals surface area contributed by atoms with E-state index in [-0.39, 0.29) is 6.09 Å². The van der Waals surface area contributed by atoms with Crippen LogP contribution in [0.25, 0.3) is 0 Å². The van der Waals surface area contributed by atoms with Crippen LogP contribution in [0.5, 0.6) is 0 Å². The van der Waals surface area contributed by atoms with Crippen molar-refractivity contribution in [2.75, 3.05) is 7.05 Å². The molecule has 0 aromatic rings. The minimum atomic E-state index is -0.858. The van der Waals surface area contributed by atoms with Gasteiger partial charge in [-0.15, -0.1) is 0 Å². The zero-order valence-corrected chi connectivity index (χ0v) is 6.32. The Bertz CT molecular complexity index is 84.1. The second-order valence-corrected chi connectivity index (χ2v) is 3.57. The molecule has 0 bridgehead atoms. The molecule has 1 amide bonds. The van der Waals surface area contributed by atoms with Crippen molar-refractivity contribution in [1.82, 2.24) is 5.32 Å². The first kappa shape index (κ1) is 7.49. The molecule has 47 valence electrons. The molecule has 8 heavy (non-hydrogen) atoms. The van der Waals surface area contributed by atoms with E-state index in [2.05, 4.69) is 5.32 Å². The van der Waals surface area contributed by atoms with Gasteiger partial charge in [0.2, 0.25) is 0 Å². The van der Waals surface area contributed by atoms with Gasteiger partial charge in [-0.3, -0.25) is 0 Å². The first-order chi connectivity index (χ1) is 3.66. The zero-order chi connectivity index (χ0) is 6.57. The van der Waals surface area contributed by atoms with Gasteiger partial charge in [-0.25, -0.2) is 4.79 Å². The minimum Gasteiger partial charge on any atom is -0.503 e. The number of hydrogen-bond donors (Lipinski definition) is 1. The Morgan fingerprint density at radius 1 is 1.62 bits per heavy atom. The standard InChI is InChI=1S/C4H10NO2Si/c1-5-4(6)7-8(2)3/h1-3H3,(H,5,6). The maximum atomic E-state index is 10.3. The van der Waals surface area contributed by atoms with E-state index in [1.54, 1.807) is 7.05 Å². The van der Waals surface area contributed by atoms with Crippen LogP contribution in [0.2, 0.25) is 13.1 Å². The normalized spacial score (nSPS) is 9.00.